The van der Waals surface area contributed by atoms with Gasteiger partial charge in [0.15, 0.2) is 0 Å². The third-order valence-corrected chi connectivity index (χ3v) is 5.56. The van der Waals surface area contributed by atoms with Crippen LogP contribution in [0.25, 0.3) is 10.8 Å². The molecule has 1 N–H and O–H groups in total. The van der Waals surface area contributed by atoms with Crippen molar-refractivity contribution in [3.63, 3.8) is 0 Å². The maximum Gasteiger partial charge on any atom is 0.317 e. The SMILES string of the molecule is CS(=O)(=O)N1CCN(C(=O)NCc2ccc3ccccc3c2)CC1. The number of benzene rings is 2. The van der Waals surface area contributed by atoms with Gasteiger partial charge in [-0.25, -0.2) is 13.2 Å². The average Bonchev–Trinajstić information content (AvgIpc) is 2.59. The molecule has 7 heteroatoms. The fraction of sp³-hybridized carbons (Fsp3) is 0.353. The lowest BCUT2D eigenvalue weighted by Crippen LogP contribution is -2.52. The van der Waals surface area contributed by atoms with Crippen molar-refractivity contribution >= 4 is 26.8 Å². The maximum atomic E-state index is 12.2. The predicted molar refractivity (Wildman–Crippen MR) is 94.2 cm³/mol. The summed E-state index contributed by atoms with van der Waals surface area (Å²) in [5.41, 5.74) is 1.04. The van der Waals surface area contributed by atoms with Gasteiger partial charge in [-0.05, 0) is 22.4 Å². The number of rotatable bonds is 3. The number of piperazine rings is 1. The van der Waals surface area contributed by atoms with Gasteiger partial charge in [0.05, 0.1) is 6.26 Å². The Bertz CT molecular complexity index is 843. The highest BCUT2D eigenvalue weighted by atomic mass is 32.2. The number of urea groups is 1. The number of carbonyl (C=O) groups is 1. The molecule has 0 aliphatic carbocycles. The molecule has 1 aliphatic heterocycles. The summed E-state index contributed by atoms with van der Waals surface area (Å²) in [6, 6.07) is 14.1. The molecule has 128 valence electrons. The summed E-state index contributed by atoms with van der Waals surface area (Å²) in [5.74, 6) is 0. The van der Waals surface area contributed by atoms with E-state index >= 15 is 0 Å². The lowest BCUT2D eigenvalue weighted by Gasteiger charge is -2.33. The van der Waals surface area contributed by atoms with E-state index in [1.807, 2.05) is 30.3 Å². The monoisotopic (exact) mass is 347 g/mol. The highest BCUT2D eigenvalue weighted by Gasteiger charge is 2.25. The summed E-state index contributed by atoms with van der Waals surface area (Å²) in [7, 11) is -3.18. The largest absolute Gasteiger partial charge is 0.334 e. The van der Waals surface area contributed by atoms with Crippen molar-refractivity contribution in [2.24, 2.45) is 0 Å². The number of fused-ring (bicyclic) bond motifs is 1. The normalized spacial score (nSPS) is 16.3. The number of carbonyl (C=O) groups excluding carboxylic acids is 1. The summed E-state index contributed by atoms with van der Waals surface area (Å²) in [6.45, 7) is 1.98. The molecule has 0 bridgehead atoms. The van der Waals surface area contributed by atoms with Gasteiger partial charge < -0.3 is 10.2 Å². The summed E-state index contributed by atoms with van der Waals surface area (Å²) in [6.07, 6.45) is 1.20. The molecular formula is C17H21N3O3S. The van der Waals surface area contributed by atoms with Crippen LogP contribution in [0.4, 0.5) is 4.79 Å². The molecule has 1 aliphatic rings. The molecule has 3 rings (SSSR count). The minimum Gasteiger partial charge on any atom is -0.334 e. The van der Waals surface area contributed by atoms with Crippen molar-refractivity contribution in [2.45, 2.75) is 6.54 Å². The Morgan fingerprint density at radius 2 is 1.71 bits per heavy atom. The summed E-state index contributed by atoms with van der Waals surface area (Å²) in [5, 5.41) is 5.22. The Hall–Kier alpha value is -2.12. The molecule has 6 nitrogen and oxygen atoms in total. The predicted octanol–water partition coefficient (Wildman–Crippen LogP) is 1.63. The second kappa shape index (κ2) is 6.78. The van der Waals surface area contributed by atoms with E-state index in [1.54, 1.807) is 4.90 Å². The highest BCUT2D eigenvalue weighted by Crippen LogP contribution is 2.15. The smallest absolute Gasteiger partial charge is 0.317 e. The molecule has 1 fully saturated rings. The zero-order valence-electron chi connectivity index (χ0n) is 13.6. The lowest BCUT2D eigenvalue weighted by molar-refractivity contribution is 0.172. The van der Waals surface area contributed by atoms with Crippen LogP contribution in [0.3, 0.4) is 0 Å². The molecule has 2 amide bonds. The molecule has 0 atom stereocenters. The van der Waals surface area contributed by atoms with Gasteiger partial charge in [-0.3, -0.25) is 0 Å². The molecule has 0 saturated carbocycles. The molecule has 2 aromatic carbocycles. The van der Waals surface area contributed by atoms with Gasteiger partial charge in [0.25, 0.3) is 0 Å². The first-order valence-corrected chi connectivity index (χ1v) is 9.74. The molecule has 24 heavy (non-hydrogen) atoms. The van der Waals surface area contributed by atoms with E-state index in [1.165, 1.54) is 15.9 Å². The first-order valence-electron chi connectivity index (χ1n) is 7.89. The third-order valence-electron chi connectivity index (χ3n) is 4.25. The number of nitrogens with zero attached hydrogens (tertiary/aromatic N) is 2. The van der Waals surface area contributed by atoms with E-state index < -0.39 is 10.0 Å². The fourth-order valence-corrected chi connectivity index (χ4v) is 3.69. The van der Waals surface area contributed by atoms with E-state index in [0.717, 1.165) is 10.9 Å². The van der Waals surface area contributed by atoms with Gasteiger partial charge in [-0.2, -0.15) is 4.31 Å². The zero-order valence-corrected chi connectivity index (χ0v) is 14.4. The van der Waals surface area contributed by atoms with Gasteiger partial charge in [-0.1, -0.05) is 36.4 Å². The van der Waals surface area contributed by atoms with Crippen LogP contribution in [-0.4, -0.2) is 56.1 Å². The second-order valence-corrected chi connectivity index (χ2v) is 7.97. The summed E-state index contributed by atoms with van der Waals surface area (Å²) in [4.78, 5) is 13.9. The van der Waals surface area contributed by atoms with Crippen LogP contribution >= 0.6 is 0 Å². The topological polar surface area (TPSA) is 69.7 Å². The lowest BCUT2D eigenvalue weighted by atomic mass is 10.1. The first-order chi connectivity index (χ1) is 11.4. The van der Waals surface area contributed by atoms with E-state index in [2.05, 4.69) is 17.4 Å². The van der Waals surface area contributed by atoms with Crippen LogP contribution in [0, 0.1) is 0 Å². The molecule has 1 heterocycles. The molecular weight excluding hydrogens is 326 g/mol. The van der Waals surface area contributed by atoms with Crippen LogP contribution in [0.1, 0.15) is 5.56 Å². The molecule has 2 aromatic rings. The molecule has 0 aromatic heterocycles. The van der Waals surface area contributed by atoms with E-state index in [0.29, 0.717) is 32.7 Å². The van der Waals surface area contributed by atoms with Crippen molar-refractivity contribution in [3.8, 4) is 0 Å². The Morgan fingerprint density at radius 1 is 1.04 bits per heavy atom. The Labute approximate surface area is 142 Å². The number of hydrogen-bond acceptors (Lipinski definition) is 3. The van der Waals surface area contributed by atoms with Crippen molar-refractivity contribution < 1.29 is 13.2 Å². The van der Waals surface area contributed by atoms with E-state index in [-0.39, 0.29) is 6.03 Å². The van der Waals surface area contributed by atoms with Gasteiger partial charge >= 0.3 is 6.03 Å². The Balaban J connectivity index is 1.55. The average molecular weight is 347 g/mol. The number of amides is 2. The van der Waals surface area contributed by atoms with Crippen LogP contribution in [0.15, 0.2) is 42.5 Å². The van der Waals surface area contributed by atoms with Crippen molar-refractivity contribution in [2.75, 3.05) is 32.4 Å². The quantitative estimate of drug-likeness (QED) is 0.917. The van der Waals surface area contributed by atoms with Crippen LogP contribution in [0.2, 0.25) is 0 Å². The number of hydrogen-bond donors (Lipinski definition) is 1. The molecule has 0 spiro atoms. The first kappa shape index (κ1) is 16.7. The number of sulfonamides is 1. The molecule has 1 saturated heterocycles. The van der Waals surface area contributed by atoms with Crippen molar-refractivity contribution in [1.29, 1.82) is 0 Å². The zero-order chi connectivity index (χ0) is 17.2. The minimum absolute atomic E-state index is 0.156. The van der Waals surface area contributed by atoms with Crippen LogP contribution in [-0.2, 0) is 16.6 Å². The summed E-state index contributed by atoms with van der Waals surface area (Å²) >= 11 is 0. The Morgan fingerprint density at radius 3 is 2.38 bits per heavy atom. The Kier molecular flexibility index (Phi) is 4.73. The molecule has 0 radical (unpaired) electrons. The highest BCUT2D eigenvalue weighted by molar-refractivity contribution is 7.88. The fourth-order valence-electron chi connectivity index (χ4n) is 2.86. The standard InChI is InChI=1S/C17H21N3O3S/c1-24(22,23)20-10-8-19(9-11-20)17(21)18-13-14-6-7-15-4-2-3-5-16(15)12-14/h2-7,12H,8-11,13H2,1H3,(H,18,21). The summed E-state index contributed by atoms with van der Waals surface area (Å²) < 4.78 is 24.4. The molecule has 0 unspecified atom stereocenters. The van der Waals surface area contributed by atoms with Gasteiger partial charge in [0.2, 0.25) is 10.0 Å². The number of nitrogens with one attached hydrogen (secondary N) is 1. The van der Waals surface area contributed by atoms with Gasteiger partial charge in [0.1, 0.15) is 0 Å². The minimum atomic E-state index is -3.18. The van der Waals surface area contributed by atoms with Crippen LogP contribution in [0.5, 0.6) is 0 Å². The van der Waals surface area contributed by atoms with Crippen molar-refractivity contribution in [1.82, 2.24) is 14.5 Å². The van der Waals surface area contributed by atoms with E-state index in [4.69, 9.17) is 0 Å². The van der Waals surface area contributed by atoms with Gasteiger partial charge in [0, 0.05) is 32.7 Å². The third kappa shape index (κ3) is 3.85. The van der Waals surface area contributed by atoms with E-state index in [9.17, 15) is 13.2 Å². The van der Waals surface area contributed by atoms with Crippen molar-refractivity contribution in [3.05, 3.63) is 48.0 Å². The maximum absolute atomic E-state index is 12.2. The van der Waals surface area contributed by atoms with Gasteiger partial charge in [-0.15, -0.1) is 0 Å². The second-order valence-electron chi connectivity index (χ2n) is 5.99. The van der Waals surface area contributed by atoms with Crippen LogP contribution < -0.4 is 5.32 Å².